The lowest BCUT2D eigenvalue weighted by atomic mass is 10.2. The maximum absolute atomic E-state index is 11.9. The Hall–Kier alpha value is -1.56. The zero-order chi connectivity index (χ0) is 15.3. The zero-order valence-electron chi connectivity index (χ0n) is 12.4. The van der Waals surface area contributed by atoms with E-state index < -0.39 is 12.1 Å². The van der Waals surface area contributed by atoms with Crippen molar-refractivity contribution in [1.29, 1.82) is 0 Å². The van der Waals surface area contributed by atoms with Crippen LogP contribution in [0.4, 0.5) is 5.69 Å². The van der Waals surface area contributed by atoms with Gasteiger partial charge in [0.05, 0.1) is 0 Å². The Kier molecular flexibility index (Phi) is 6.01. The Bertz CT molecular complexity index is 465. The fourth-order valence-electron chi connectivity index (χ4n) is 1.73. The van der Waals surface area contributed by atoms with Crippen LogP contribution in [0.2, 0.25) is 0 Å². The highest BCUT2D eigenvalue weighted by molar-refractivity contribution is 7.14. The highest BCUT2D eigenvalue weighted by Gasteiger charge is 2.21. The average Bonchev–Trinajstić information content (AvgIpc) is 2.69. The van der Waals surface area contributed by atoms with E-state index in [1.54, 1.807) is 13.0 Å². The fraction of sp³-hybridized carbons (Fsp3) is 0.571. The van der Waals surface area contributed by atoms with Gasteiger partial charge in [-0.25, -0.2) is 4.79 Å². The molecule has 2 atom stereocenters. The Balaban J connectivity index is 2.54. The van der Waals surface area contributed by atoms with Crippen LogP contribution in [0.5, 0.6) is 0 Å². The number of hydrogen-bond donors (Lipinski definition) is 2. The summed E-state index contributed by atoms with van der Waals surface area (Å²) in [6, 6.07) is 1.65. The average molecular weight is 298 g/mol. The number of aryl methyl sites for hydroxylation is 1. The first-order chi connectivity index (χ1) is 9.35. The van der Waals surface area contributed by atoms with Crippen molar-refractivity contribution >= 4 is 28.9 Å². The van der Waals surface area contributed by atoms with Crippen LogP contribution < -0.4 is 11.1 Å². The van der Waals surface area contributed by atoms with Gasteiger partial charge in [-0.05, 0) is 33.3 Å². The molecule has 1 amide bonds. The second kappa shape index (κ2) is 7.28. The van der Waals surface area contributed by atoms with Gasteiger partial charge in [0.2, 0.25) is 0 Å². The molecule has 20 heavy (non-hydrogen) atoms. The minimum absolute atomic E-state index is 0.0771. The molecule has 0 spiro atoms. The van der Waals surface area contributed by atoms with E-state index in [2.05, 4.69) is 12.2 Å². The van der Waals surface area contributed by atoms with E-state index in [0.29, 0.717) is 10.6 Å². The van der Waals surface area contributed by atoms with Gasteiger partial charge in [-0.1, -0.05) is 13.3 Å². The molecule has 0 fully saturated rings. The van der Waals surface area contributed by atoms with Crippen molar-refractivity contribution in [3.63, 3.8) is 0 Å². The number of nitrogens with one attached hydrogen (secondary N) is 1. The number of hydrogen-bond acceptors (Lipinski definition) is 5. The van der Waals surface area contributed by atoms with Gasteiger partial charge in [0.15, 0.2) is 6.10 Å². The minimum Gasteiger partial charge on any atom is -0.448 e. The molecule has 6 heteroatoms. The lowest BCUT2D eigenvalue weighted by molar-refractivity contribution is -0.129. The van der Waals surface area contributed by atoms with Crippen LogP contribution in [-0.4, -0.2) is 24.0 Å². The van der Waals surface area contributed by atoms with Gasteiger partial charge in [-0.2, -0.15) is 0 Å². The molecule has 0 aliphatic heterocycles. The largest absolute Gasteiger partial charge is 0.448 e. The van der Waals surface area contributed by atoms with Crippen LogP contribution >= 0.6 is 11.3 Å². The molecular formula is C14H22N2O3S. The van der Waals surface area contributed by atoms with Crippen LogP contribution in [0.1, 0.15) is 48.2 Å². The number of carbonyl (C=O) groups is 2. The maximum Gasteiger partial charge on any atom is 0.349 e. The Morgan fingerprint density at radius 2 is 2.10 bits per heavy atom. The van der Waals surface area contributed by atoms with Crippen LogP contribution in [0.15, 0.2) is 6.07 Å². The molecule has 0 aliphatic rings. The number of amides is 1. The molecule has 1 heterocycles. The second-order valence-corrected chi connectivity index (χ2v) is 6.12. The van der Waals surface area contributed by atoms with Crippen LogP contribution in [0.25, 0.3) is 0 Å². The molecule has 2 unspecified atom stereocenters. The third-order valence-electron chi connectivity index (χ3n) is 2.92. The first kappa shape index (κ1) is 16.5. The van der Waals surface area contributed by atoms with Crippen molar-refractivity contribution in [1.82, 2.24) is 5.32 Å². The molecule has 0 aromatic carbocycles. The standard InChI is InChI=1S/C14H22N2O3S/c1-5-6-8(2)16-13(17)9(3)19-14(18)12-7-11(15)10(4)20-12/h7-9H,5-6,15H2,1-4H3,(H,16,17). The summed E-state index contributed by atoms with van der Waals surface area (Å²) >= 11 is 1.27. The number of rotatable bonds is 6. The van der Waals surface area contributed by atoms with E-state index in [1.165, 1.54) is 11.3 Å². The number of carbonyl (C=O) groups excluding carboxylic acids is 2. The number of nitrogens with two attached hydrogens (primary N) is 1. The van der Waals surface area contributed by atoms with Crippen LogP contribution in [0, 0.1) is 6.92 Å². The number of ether oxygens (including phenoxy) is 1. The monoisotopic (exact) mass is 298 g/mol. The first-order valence-corrected chi connectivity index (χ1v) is 7.54. The fourth-order valence-corrected chi connectivity index (χ4v) is 2.56. The first-order valence-electron chi connectivity index (χ1n) is 6.72. The third-order valence-corrected chi connectivity index (χ3v) is 3.97. The zero-order valence-corrected chi connectivity index (χ0v) is 13.2. The third kappa shape index (κ3) is 4.52. The number of esters is 1. The van der Waals surface area contributed by atoms with Crippen molar-refractivity contribution < 1.29 is 14.3 Å². The molecule has 112 valence electrons. The summed E-state index contributed by atoms with van der Waals surface area (Å²) in [5, 5.41) is 2.82. The molecule has 3 N–H and O–H groups in total. The smallest absolute Gasteiger partial charge is 0.349 e. The molecular weight excluding hydrogens is 276 g/mol. The van der Waals surface area contributed by atoms with Crippen LogP contribution in [0.3, 0.4) is 0 Å². The van der Waals surface area contributed by atoms with Crippen LogP contribution in [-0.2, 0) is 9.53 Å². The van der Waals surface area contributed by atoms with Gasteiger partial charge in [0.1, 0.15) is 4.88 Å². The van der Waals surface area contributed by atoms with Crippen molar-refractivity contribution in [2.24, 2.45) is 0 Å². The summed E-state index contributed by atoms with van der Waals surface area (Å²) in [5.74, 6) is -0.791. The summed E-state index contributed by atoms with van der Waals surface area (Å²) < 4.78 is 5.15. The second-order valence-electron chi connectivity index (χ2n) is 4.87. The minimum atomic E-state index is -0.814. The van der Waals surface area contributed by atoms with Gasteiger partial charge >= 0.3 is 5.97 Å². The van der Waals surface area contributed by atoms with E-state index in [4.69, 9.17) is 10.5 Å². The summed E-state index contributed by atoms with van der Waals surface area (Å²) in [4.78, 5) is 25.0. The number of thiophene rings is 1. The molecule has 5 nitrogen and oxygen atoms in total. The molecule has 0 aliphatic carbocycles. The molecule has 0 bridgehead atoms. The van der Waals surface area contributed by atoms with Crippen molar-refractivity contribution in [2.45, 2.75) is 52.7 Å². The van der Waals surface area contributed by atoms with Gasteiger partial charge in [-0.15, -0.1) is 11.3 Å². The lowest BCUT2D eigenvalue weighted by Gasteiger charge is -2.17. The summed E-state index contributed by atoms with van der Waals surface area (Å²) in [7, 11) is 0. The highest BCUT2D eigenvalue weighted by Crippen LogP contribution is 2.24. The van der Waals surface area contributed by atoms with E-state index in [9.17, 15) is 9.59 Å². The van der Waals surface area contributed by atoms with Crippen molar-refractivity contribution in [3.05, 3.63) is 15.8 Å². The summed E-state index contributed by atoms with van der Waals surface area (Å²) in [5.41, 5.74) is 6.26. The summed E-state index contributed by atoms with van der Waals surface area (Å²) in [6.45, 7) is 7.38. The molecule has 1 aromatic rings. The molecule has 1 rings (SSSR count). The maximum atomic E-state index is 11.9. The van der Waals surface area contributed by atoms with Crippen molar-refractivity contribution in [3.8, 4) is 0 Å². The molecule has 0 saturated heterocycles. The van der Waals surface area contributed by atoms with Gasteiger partial charge in [-0.3, -0.25) is 4.79 Å². The number of nitrogen functional groups attached to an aromatic ring is 1. The Morgan fingerprint density at radius 3 is 2.60 bits per heavy atom. The molecule has 0 radical (unpaired) electrons. The SMILES string of the molecule is CCCC(C)NC(=O)C(C)OC(=O)c1cc(N)c(C)s1. The number of anilines is 1. The topological polar surface area (TPSA) is 81.4 Å². The van der Waals surface area contributed by atoms with Gasteiger partial charge in [0.25, 0.3) is 5.91 Å². The van der Waals surface area contributed by atoms with E-state index in [1.807, 2.05) is 13.8 Å². The summed E-state index contributed by atoms with van der Waals surface area (Å²) in [6.07, 6.45) is 1.07. The lowest BCUT2D eigenvalue weighted by Crippen LogP contribution is -2.40. The van der Waals surface area contributed by atoms with Gasteiger partial charge in [0, 0.05) is 16.6 Å². The predicted molar refractivity (Wildman–Crippen MR) is 80.9 cm³/mol. The van der Waals surface area contributed by atoms with E-state index in [-0.39, 0.29) is 11.9 Å². The van der Waals surface area contributed by atoms with E-state index in [0.717, 1.165) is 17.7 Å². The normalized spacial score (nSPS) is 13.6. The quantitative estimate of drug-likeness (QED) is 0.791. The molecule has 0 saturated carbocycles. The Morgan fingerprint density at radius 1 is 1.45 bits per heavy atom. The Labute approximate surface area is 123 Å². The van der Waals surface area contributed by atoms with E-state index >= 15 is 0 Å². The van der Waals surface area contributed by atoms with Crippen molar-refractivity contribution in [2.75, 3.05) is 5.73 Å². The predicted octanol–water partition coefficient (Wildman–Crippen LogP) is 2.49. The molecule has 1 aromatic heterocycles. The van der Waals surface area contributed by atoms with Gasteiger partial charge < -0.3 is 15.8 Å². The highest BCUT2D eigenvalue weighted by atomic mass is 32.1.